The number of benzene rings is 2. The minimum Gasteiger partial charge on any atom is -0.469 e. The zero-order valence-corrected chi connectivity index (χ0v) is 14.9. The number of fused-ring (bicyclic) bond motifs is 1. The van der Waals surface area contributed by atoms with E-state index in [1.165, 1.54) is 12.1 Å². The number of para-hydroxylation sites is 1. The summed E-state index contributed by atoms with van der Waals surface area (Å²) in [5, 5.41) is 6.70. The molecule has 6 nitrogen and oxygen atoms in total. The Labute approximate surface area is 160 Å². The van der Waals surface area contributed by atoms with Crippen LogP contribution in [0, 0.1) is 5.82 Å². The van der Waals surface area contributed by atoms with Crippen molar-refractivity contribution in [3.05, 3.63) is 84.3 Å². The Morgan fingerprint density at radius 3 is 2.61 bits per heavy atom. The molecule has 0 saturated carbocycles. The Hall–Kier alpha value is -3.74. The number of anilines is 2. The van der Waals surface area contributed by atoms with Gasteiger partial charge in [-0.1, -0.05) is 12.1 Å². The van der Waals surface area contributed by atoms with Crippen molar-refractivity contribution in [3.8, 4) is 0 Å². The molecule has 2 N–H and O–H groups in total. The zero-order valence-electron chi connectivity index (χ0n) is 14.9. The normalized spacial score (nSPS) is 10.8. The Morgan fingerprint density at radius 1 is 1.00 bits per heavy atom. The average molecular weight is 376 g/mol. The summed E-state index contributed by atoms with van der Waals surface area (Å²) < 4.78 is 18.4. The molecule has 2 aromatic heterocycles. The zero-order chi connectivity index (χ0) is 19.3. The first-order valence-electron chi connectivity index (χ1n) is 8.79. The van der Waals surface area contributed by atoms with E-state index in [9.17, 15) is 9.18 Å². The number of hydrogen-bond acceptors (Lipinski definition) is 5. The molecule has 0 aliphatic carbocycles. The number of halogens is 1. The van der Waals surface area contributed by atoms with E-state index in [0.29, 0.717) is 30.0 Å². The van der Waals surface area contributed by atoms with Crippen molar-refractivity contribution in [1.29, 1.82) is 0 Å². The van der Waals surface area contributed by atoms with Crippen molar-refractivity contribution in [3.63, 3.8) is 0 Å². The number of carbonyl (C=O) groups is 1. The van der Waals surface area contributed by atoms with Gasteiger partial charge in [0.2, 0.25) is 5.82 Å². The number of hydrogen-bond donors (Lipinski definition) is 2. The summed E-state index contributed by atoms with van der Waals surface area (Å²) in [5.74, 6) is 0.628. The summed E-state index contributed by atoms with van der Waals surface area (Å²) in [7, 11) is 0. The van der Waals surface area contributed by atoms with Crippen molar-refractivity contribution in [1.82, 2.24) is 15.3 Å². The topological polar surface area (TPSA) is 80.0 Å². The van der Waals surface area contributed by atoms with Crippen LogP contribution in [0.1, 0.15) is 16.4 Å². The number of amides is 1. The molecule has 0 bridgehead atoms. The first-order chi connectivity index (χ1) is 13.7. The second-order valence-corrected chi connectivity index (χ2v) is 6.13. The van der Waals surface area contributed by atoms with Crippen molar-refractivity contribution in [2.24, 2.45) is 0 Å². The molecule has 7 heteroatoms. The van der Waals surface area contributed by atoms with Gasteiger partial charge in [0.15, 0.2) is 0 Å². The molecule has 0 aliphatic rings. The second kappa shape index (κ2) is 7.87. The highest BCUT2D eigenvalue weighted by atomic mass is 19.1. The van der Waals surface area contributed by atoms with Crippen LogP contribution in [0.15, 0.2) is 71.3 Å². The number of furan rings is 1. The van der Waals surface area contributed by atoms with Crippen LogP contribution < -0.4 is 10.6 Å². The molecule has 0 unspecified atom stereocenters. The number of rotatable bonds is 6. The summed E-state index contributed by atoms with van der Waals surface area (Å²) in [6, 6.07) is 17.0. The van der Waals surface area contributed by atoms with Gasteiger partial charge in [-0.2, -0.15) is 0 Å². The fraction of sp³-hybridized carbons (Fsp3) is 0.0952. The van der Waals surface area contributed by atoms with E-state index < -0.39 is 0 Å². The Morgan fingerprint density at radius 2 is 1.82 bits per heavy atom. The van der Waals surface area contributed by atoms with Crippen LogP contribution in [0.5, 0.6) is 0 Å². The molecule has 0 saturated heterocycles. The second-order valence-electron chi connectivity index (χ2n) is 6.13. The van der Waals surface area contributed by atoms with Crippen LogP contribution >= 0.6 is 0 Å². The molecule has 2 heterocycles. The SMILES string of the molecule is O=C(NCCc1ccco1)c1nc(Nc2ccc(F)cc2)c2ccccc2n1. The van der Waals surface area contributed by atoms with E-state index in [1.54, 1.807) is 24.5 Å². The molecule has 2 aromatic carbocycles. The monoisotopic (exact) mass is 376 g/mol. The number of carbonyl (C=O) groups excluding carboxylic acids is 1. The van der Waals surface area contributed by atoms with Gasteiger partial charge in [0.05, 0.1) is 11.8 Å². The van der Waals surface area contributed by atoms with Crippen molar-refractivity contribution < 1.29 is 13.6 Å². The third kappa shape index (κ3) is 3.98. The molecule has 0 fully saturated rings. The summed E-state index contributed by atoms with van der Waals surface area (Å²) in [4.78, 5) is 21.3. The predicted molar refractivity (Wildman–Crippen MR) is 104 cm³/mol. The van der Waals surface area contributed by atoms with E-state index in [0.717, 1.165) is 11.1 Å². The maximum Gasteiger partial charge on any atom is 0.289 e. The molecule has 0 atom stereocenters. The van der Waals surface area contributed by atoms with Crippen LogP contribution in [0.4, 0.5) is 15.9 Å². The lowest BCUT2D eigenvalue weighted by Crippen LogP contribution is -2.27. The van der Waals surface area contributed by atoms with Gasteiger partial charge in [-0.05, 0) is 48.5 Å². The van der Waals surface area contributed by atoms with E-state index in [-0.39, 0.29) is 17.5 Å². The Balaban J connectivity index is 1.57. The summed E-state index contributed by atoms with van der Waals surface area (Å²) in [6.45, 7) is 0.406. The molecule has 0 aliphatic heterocycles. The van der Waals surface area contributed by atoms with Crippen LogP contribution in [-0.2, 0) is 6.42 Å². The summed E-state index contributed by atoms with van der Waals surface area (Å²) in [5.41, 5.74) is 1.30. The molecule has 1 amide bonds. The highest BCUT2D eigenvalue weighted by Crippen LogP contribution is 2.24. The highest BCUT2D eigenvalue weighted by Gasteiger charge is 2.14. The lowest BCUT2D eigenvalue weighted by Gasteiger charge is -2.11. The third-order valence-electron chi connectivity index (χ3n) is 4.15. The predicted octanol–water partition coefficient (Wildman–Crippen LogP) is 4.08. The summed E-state index contributed by atoms with van der Waals surface area (Å²) in [6.07, 6.45) is 2.17. The van der Waals surface area contributed by atoms with E-state index in [1.807, 2.05) is 30.3 Å². The molecule has 28 heavy (non-hydrogen) atoms. The quantitative estimate of drug-likeness (QED) is 0.530. The van der Waals surface area contributed by atoms with Crippen LogP contribution in [0.3, 0.4) is 0 Å². The van der Waals surface area contributed by atoms with Gasteiger partial charge in [-0.25, -0.2) is 14.4 Å². The smallest absolute Gasteiger partial charge is 0.289 e. The minimum absolute atomic E-state index is 0.0581. The number of nitrogens with one attached hydrogen (secondary N) is 2. The molecular weight excluding hydrogens is 359 g/mol. The highest BCUT2D eigenvalue weighted by molar-refractivity contribution is 5.97. The van der Waals surface area contributed by atoms with Crippen molar-refractivity contribution in [2.45, 2.75) is 6.42 Å². The van der Waals surface area contributed by atoms with Crippen LogP contribution in [-0.4, -0.2) is 22.4 Å². The van der Waals surface area contributed by atoms with Crippen LogP contribution in [0.2, 0.25) is 0 Å². The van der Waals surface area contributed by atoms with E-state index in [2.05, 4.69) is 20.6 Å². The van der Waals surface area contributed by atoms with Gasteiger partial charge in [-0.15, -0.1) is 0 Å². The number of nitrogens with zero attached hydrogens (tertiary/aromatic N) is 2. The average Bonchev–Trinajstić information content (AvgIpc) is 3.23. The fourth-order valence-corrected chi connectivity index (χ4v) is 2.78. The van der Waals surface area contributed by atoms with Crippen molar-refractivity contribution >= 4 is 28.3 Å². The first kappa shape index (κ1) is 17.7. The Kier molecular flexibility index (Phi) is 4.97. The maximum atomic E-state index is 13.2. The standard InChI is InChI=1S/C21H17FN4O2/c22-14-7-9-15(10-8-14)24-19-17-5-1-2-6-18(17)25-20(26-19)21(27)23-12-11-16-4-3-13-28-16/h1-10,13H,11-12H2,(H,23,27)(H,24,25,26). The Bertz CT molecular complexity index is 1100. The lowest BCUT2D eigenvalue weighted by molar-refractivity contribution is 0.0944. The summed E-state index contributed by atoms with van der Waals surface area (Å²) >= 11 is 0. The van der Waals surface area contributed by atoms with Gasteiger partial charge in [0, 0.05) is 24.0 Å². The van der Waals surface area contributed by atoms with Gasteiger partial charge >= 0.3 is 0 Å². The maximum absolute atomic E-state index is 13.2. The lowest BCUT2D eigenvalue weighted by atomic mass is 10.2. The van der Waals surface area contributed by atoms with Gasteiger partial charge in [0.25, 0.3) is 5.91 Å². The van der Waals surface area contributed by atoms with Gasteiger partial charge in [0.1, 0.15) is 17.4 Å². The molecule has 140 valence electrons. The molecular formula is C21H17FN4O2. The largest absolute Gasteiger partial charge is 0.469 e. The first-order valence-corrected chi connectivity index (χ1v) is 8.79. The third-order valence-corrected chi connectivity index (χ3v) is 4.15. The molecule has 0 spiro atoms. The van der Waals surface area contributed by atoms with E-state index in [4.69, 9.17) is 4.42 Å². The number of aromatic nitrogens is 2. The van der Waals surface area contributed by atoms with Gasteiger partial charge < -0.3 is 15.1 Å². The molecule has 0 radical (unpaired) electrons. The molecule has 4 aromatic rings. The van der Waals surface area contributed by atoms with Crippen molar-refractivity contribution in [2.75, 3.05) is 11.9 Å². The van der Waals surface area contributed by atoms with E-state index >= 15 is 0 Å². The van der Waals surface area contributed by atoms with Crippen LogP contribution in [0.25, 0.3) is 10.9 Å². The fourth-order valence-electron chi connectivity index (χ4n) is 2.78. The minimum atomic E-state index is -0.375. The van der Waals surface area contributed by atoms with Gasteiger partial charge in [-0.3, -0.25) is 4.79 Å². The molecule has 4 rings (SSSR count).